The molecule has 140 valence electrons. The summed E-state index contributed by atoms with van der Waals surface area (Å²) in [5.74, 6) is -1.45. The molecule has 3 rings (SSSR count). The summed E-state index contributed by atoms with van der Waals surface area (Å²) in [5.41, 5.74) is 1.89. The van der Waals surface area contributed by atoms with E-state index in [0.717, 1.165) is 10.9 Å². The largest absolute Gasteiger partial charge is 0.480 e. The van der Waals surface area contributed by atoms with Gasteiger partial charge < -0.3 is 15.0 Å². The molecule has 0 aliphatic rings. The minimum atomic E-state index is -0.930. The number of fused-ring (bicyclic) bond motifs is 1. The van der Waals surface area contributed by atoms with Crippen LogP contribution in [0.5, 0.6) is 0 Å². The van der Waals surface area contributed by atoms with Crippen LogP contribution in [0.4, 0.5) is 5.69 Å². The van der Waals surface area contributed by atoms with Crippen LogP contribution in [0, 0.1) is 11.3 Å². The molecule has 0 fully saturated rings. The van der Waals surface area contributed by atoms with E-state index in [9.17, 15) is 20.0 Å². The van der Waals surface area contributed by atoms with Gasteiger partial charge in [-0.2, -0.15) is 5.26 Å². The molecule has 6 nitrogen and oxygen atoms in total. The standard InChI is InChI=1S/C22H19N3O3/c1-2-19(22(27)28)25-14-16(18-10-6-7-11-20(18)25)12-15(13-23)21(26)24-17-8-4-3-5-9-17/h3-12,14,19H,2H2,1H3,(H,24,26)(H,27,28)/b15-12+. The summed E-state index contributed by atoms with van der Waals surface area (Å²) in [4.78, 5) is 24.1. The number of carbonyl (C=O) groups is 2. The number of nitrogens with zero attached hydrogens (tertiary/aromatic N) is 2. The number of carboxylic acid groups (broad SMARTS) is 1. The SMILES string of the molecule is CCC(C(=O)O)n1cc(/C=C(\C#N)C(=O)Nc2ccccc2)c2ccccc21. The van der Waals surface area contributed by atoms with Crippen molar-refractivity contribution < 1.29 is 14.7 Å². The summed E-state index contributed by atoms with van der Waals surface area (Å²) in [5, 5.41) is 22.5. The van der Waals surface area contributed by atoms with Gasteiger partial charge in [0.2, 0.25) is 0 Å². The zero-order valence-corrected chi connectivity index (χ0v) is 15.3. The molecule has 0 bridgehead atoms. The highest BCUT2D eigenvalue weighted by Crippen LogP contribution is 2.28. The number of hydrogen-bond donors (Lipinski definition) is 2. The smallest absolute Gasteiger partial charge is 0.326 e. The van der Waals surface area contributed by atoms with Crippen LogP contribution in [0.3, 0.4) is 0 Å². The van der Waals surface area contributed by atoms with Gasteiger partial charge in [0.25, 0.3) is 5.91 Å². The monoisotopic (exact) mass is 373 g/mol. The summed E-state index contributed by atoms with van der Waals surface area (Å²) < 4.78 is 1.67. The summed E-state index contributed by atoms with van der Waals surface area (Å²) in [6.07, 6.45) is 3.59. The second-order valence-corrected chi connectivity index (χ2v) is 6.26. The summed E-state index contributed by atoms with van der Waals surface area (Å²) in [7, 11) is 0. The zero-order chi connectivity index (χ0) is 20.1. The van der Waals surface area contributed by atoms with Gasteiger partial charge in [0, 0.05) is 28.4 Å². The predicted octanol–water partition coefficient (Wildman–Crippen LogP) is 4.22. The quantitative estimate of drug-likeness (QED) is 0.499. The normalized spacial score (nSPS) is 12.4. The average Bonchev–Trinajstić information content (AvgIpc) is 3.05. The van der Waals surface area contributed by atoms with Gasteiger partial charge in [-0.25, -0.2) is 4.79 Å². The molecule has 1 atom stereocenters. The Hall–Kier alpha value is -3.85. The number of aromatic nitrogens is 1. The lowest BCUT2D eigenvalue weighted by Gasteiger charge is -2.13. The molecule has 1 amide bonds. The minimum absolute atomic E-state index is 0.0601. The number of anilines is 1. The number of para-hydroxylation sites is 2. The van der Waals surface area contributed by atoms with Gasteiger partial charge in [0.15, 0.2) is 0 Å². The van der Waals surface area contributed by atoms with Crippen LogP contribution >= 0.6 is 0 Å². The Morgan fingerprint density at radius 3 is 2.50 bits per heavy atom. The van der Waals surface area contributed by atoms with Crippen LogP contribution in [0.1, 0.15) is 24.9 Å². The third kappa shape index (κ3) is 3.79. The molecule has 3 aromatic rings. The lowest BCUT2D eigenvalue weighted by atomic mass is 10.1. The molecule has 0 aliphatic carbocycles. The molecule has 0 saturated carbocycles. The number of aliphatic carboxylic acids is 1. The Morgan fingerprint density at radius 1 is 1.18 bits per heavy atom. The van der Waals surface area contributed by atoms with Gasteiger partial charge in [-0.1, -0.05) is 43.3 Å². The molecule has 0 spiro atoms. The number of carbonyl (C=O) groups excluding carboxylic acids is 1. The molecule has 2 aromatic carbocycles. The maximum atomic E-state index is 12.5. The van der Waals surface area contributed by atoms with E-state index in [1.165, 1.54) is 6.08 Å². The van der Waals surface area contributed by atoms with Crippen LogP contribution < -0.4 is 5.32 Å². The van der Waals surface area contributed by atoms with Crippen molar-refractivity contribution in [3.63, 3.8) is 0 Å². The van der Waals surface area contributed by atoms with Crippen LogP contribution in [0.2, 0.25) is 0 Å². The highest BCUT2D eigenvalue weighted by atomic mass is 16.4. The van der Waals surface area contributed by atoms with Crippen molar-refractivity contribution in [1.82, 2.24) is 4.57 Å². The van der Waals surface area contributed by atoms with Crippen molar-refractivity contribution in [2.45, 2.75) is 19.4 Å². The van der Waals surface area contributed by atoms with Crippen molar-refractivity contribution in [3.8, 4) is 6.07 Å². The van der Waals surface area contributed by atoms with E-state index < -0.39 is 17.9 Å². The van der Waals surface area contributed by atoms with Crippen molar-refractivity contribution in [3.05, 3.63) is 71.9 Å². The summed E-state index contributed by atoms with van der Waals surface area (Å²) in [6, 6.07) is 17.4. The van der Waals surface area contributed by atoms with Gasteiger partial charge >= 0.3 is 5.97 Å². The predicted molar refractivity (Wildman–Crippen MR) is 108 cm³/mol. The molecule has 0 saturated heterocycles. The molecular formula is C22H19N3O3. The lowest BCUT2D eigenvalue weighted by molar-refractivity contribution is -0.140. The van der Waals surface area contributed by atoms with Gasteiger partial charge in [-0.15, -0.1) is 0 Å². The van der Waals surface area contributed by atoms with E-state index in [4.69, 9.17) is 0 Å². The Bertz CT molecular complexity index is 1090. The number of nitrogens with one attached hydrogen (secondary N) is 1. The first kappa shape index (κ1) is 18.9. The Kier molecular flexibility index (Phi) is 5.56. The molecule has 1 unspecified atom stereocenters. The molecule has 2 N–H and O–H groups in total. The molecule has 28 heavy (non-hydrogen) atoms. The van der Waals surface area contributed by atoms with Crippen LogP contribution in [0.15, 0.2) is 66.4 Å². The third-order valence-electron chi connectivity index (χ3n) is 4.48. The molecule has 1 heterocycles. The summed E-state index contributed by atoms with van der Waals surface area (Å²) in [6.45, 7) is 1.80. The lowest BCUT2D eigenvalue weighted by Crippen LogP contribution is -2.17. The van der Waals surface area contributed by atoms with Crippen LogP contribution in [-0.2, 0) is 9.59 Å². The van der Waals surface area contributed by atoms with E-state index in [0.29, 0.717) is 17.7 Å². The van der Waals surface area contributed by atoms with E-state index in [-0.39, 0.29) is 5.57 Å². The van der Waals surface area contributed by atoms with Gasteiger partial charge in [0.1, 0.15) is 17.7 Å². The van der Waals surface area contributed by atoms with Crippen LogP contribution in [-0.4, -0.2) is 21.6 Å². The Balaban J connectivity index is 2.03. The average molecular weight is 373 g/mol. The van der Waals surface area contributed by atoms with E-state index >= 15 is 0 Å². The first-order valence-corrected chi connectivity index (χ1v) is 8.85. The fourth-order valence-electron chi connectivity index (χ4n) is 3.12. The number of nitriles is 1. The number of rotatable bonds is 6. The van der Waals surface area contributed by atoms with Crippen molar-refractivity contribution >= 4 is 34.5 Å². The topological polar surface area (TPSA) is 95.1 Å². The zero-order valence-electron chi connectivity index (χ0n) is 15.3. The Morgan fingerprint density at radius 2 is 1.86 bits per heavy atom. The van der Waals surface area contributed by atoms with E-state index in [2.05, 4.69) is 5.32 Å². The third-order valence-corrected chi connectivity index (χ3v) is 4.48. The minimum Gasteiger partial charge on any atom is -0.480 e. The first-order valence-electron chi connectivity index (χ1n) is 8.85. The first-order chi connectivity index (χ1) is 13.5. The molecule has 0 radical (unpaired) electrons. The second kappa shape index (κ2) is 8.23. The molecule has 1 aromatic heterocycles. The van der Waals surface area contributed by atoms with E-state index in [1.807, 2.05) is 36.4 Å². The molecule has 0 aliphatic heterocycles. The van der Waals surface area contributed by atoms with Gasteiger partial charge in [-0.05, 0) is 30.7 Å². The van der Waals surface area contributed by atoms with Crippen molar-refractivity contribution in [2.75, 3.05) is 5.32 Å². The highest BCUT2D eigenvalue weighted by Gasteiger charge is 2.21. The fourth-order valence-corrected chi connectivity index (χ4v) is 3.12. The Labute approximate surface area is 162 Å². The summed E-state index contributed by atoms with van der Waals surface area (Å²) >= 11 is 0. The molecular weight excluding hydrogens is 354 g/mol. The highest BCUT2D eigenvalue weighted by molar-refractivity contribution is 6.10. The second-order valence-electron chi connectivity index (χ2n) is 6.26. The number of carboxylic acids is 1. The van der Waals surface area contributed by atoms with E-state index in [1.54, 1.807) is 42.0 Å². The van der Waals surface area contributed by atoms with Crippen molar-refractivity contribution in [2.24, 2.45) is 0 Å². The fraction of sp³-hybridized carbons (Fsp3) is 0.136. The van der Waals surface area contributed by atoms with Crippen molar-refractivity contribution in [1.29, 1.82) is 5.26 Å². The maximum Gasteiger partial charge on any atom is 0.326 e. The number of amides is 1. The van der Waals surface area contributed by atoms with Gasteiger partial charge in [-0.3, -0.25) is 4.79 Å². The molecule has 6 heteroatoms. The number of hydrogen-bond acceptors (Lipinski definition) is 3. The maximum absolute atomic E-state index is 12.5. The van der Waals surface area contributed by atoms with Crippen LogP contribution in [0.25, 0.3) is 17.0 Å². The number of benzene rings is 2. The van der Waals surface area contributed by atoms with Gasteiger partial charge in [0.05, 0.1) is 0 Å².